The fourth-order valence-electron chi connectivity index (χ4n) is 2.35. The van der Waals surface area contributed by atoms with E-state index in [0.29, 0.717) is 37.6 Å². The molecule has 0 aliphatic rings. The predicted molar refractivity (Wildman–Crippen MR) is 101 cm³/mol. The maximum absolute atomic E-state index is 11.8. The highest BCUT2D eigenvalue weighted by molar-refractivity contribution is 6.30. The van der Waals surface area contributed by atoms with Gasteiger partial charge < -0.3 is 14.8 Å². The van der Waals surface area contributed by atoms with E-state index in [-0.39, 0.29) is 5.91 Å². The Bertz CT molecular complexity index is 686. The molecule has 1 amide bonds. The molecule has 134 valence electrons. The Morgan fingerprint density at radius 3 is 2.52 bits per heavy atom. The number of carbonyl (C=O) groups is 1. The van der Waals surface area contributed by atoms with Crippen molar-refractivity contribution in [2.75, 3.05) is 19.8 Å². The summed E-state index contributed by atoms with van der Waals surface area (Å²) in [7, 11) is 0. The molecule has 0 saturated carbocycles. The predicted octanol–water partition coefficient (Wildman–Crippen LogP) is 4.31. The van der Waals surface area contributed by atoms with Crippen LogP contribution in [0.4, 0.5) is 0 Å². The van der Waals surface area contributed by atoms with Crippen molar-refractivity contribution in [3.8, 4) is 11.5 Å². The molecule has 2 rings (SSSR count). The van der Waals surface area contributed by atoms with Crippen LogP contribution in [0.2, 0.25) is 5.02 Å². The summed E-state index contributed by atoms with van der Waals surface area (Å²) < 4.78 is 11.2. The Hall–Kier alpha value is -2.20. The third kappa shape index (κ3) is 7.06. The van der Waals surface area contributed by atoms with Gasteiger partial charge in [0.15, 0.2) is 0 Å². The monoisotopic (exact) mass is 361 g/mol. The Morgan fingerprint density at radius 2 is 1.80 bits per heavy atom. The molecule has 2 aromatic rings. The lowest BCUT2D eigenvalue weighted by Gasteiger charge is -2.10. The van der Waals surface area contributed by atoms with Crippen molar-refractivity contribution in [3.05, 3.63) is 58.6 Å². The number of aryl methyl sites for hydroxylation is 2. The minimum atomic E-state index is 0.00364. The first-order valence-electron chi connectivity index (χ1n) is 8.40. The van der Waals surface area contributed by atoms with Crippen LogP contribution >= 0.6 is 11.6 Å². The van der Waals surface area contributed by atoms with Crippen molar-refractivity contribution >= 4 is 17.5 Å². The fraction of sp³-hybridized carbons (Fsp3) is 0.350. The maximum Gasteiger partial charge on any atom is 0.220 e. The van der Waals surface area contributed by atoms with Gasteiger partial charge in [-0.2, -0.15) is 0 Å². The fourth-order valence-corrected chi connectivity index (χ4v) is 2.48. The van der Waals surface area contributed by atoms with Crippen LogP contribution in [0.3, 0.4) is 0 Å². The highest BCUT2D eigenvalue weighted by atomic mass is 35.5. The van der Waals surface area contributed by atoms with E-state index in [1.165, 1.54) is 5.56 Å². The minimum Gasteiger partial charge on any atom is -0.494 e. The number of amides is 1. The molecule has 0 aliphatic heterocycles. The summed E-state index contributed by atoms with van der Waals surface area (Å²) in [6.07, 6.45) is 1.09. The first-order chi connectivity index (χ1) is 12.0. The lowest BCUT2D eigenvalue weighted by Crippen LogP contribution is -2.28. The lowest BCUT2D eigenvalue weighted by molar-refractivity contribution is -0.121. The number of hydrogen-bond donors (Lipinski definition) is 1. The van der Waals surface area contributed by atoms with Crippen LogP contribution in [0.5, 0.6) is 11.5 Å². The number of halogens is 1. The molecule has 0 saturated heterocycles. The second-order valence-electron chi connectivity index (χ2n) is 5.87. The van der Waals surface area contributed by atoms with Gasteiger partial charge in [0.2, 0.25) is 5.91 Å². The number of carbonyl (C=O) groups excluding carboxylic acids is 1. The molecule has 25 heavy (non-hydrogen) atoms. The molecule has 1 N–H and O–H groups in total. The molecule has 0 bridgehead atoms. The van der Waals surface area contributed by atoms with E-state index in [1.54, 1.807) is 12.1 Å². The third-order valence-corrected chi connectivity index (χ3v) is 3.89. The molecule has 0 atom stereocenters. The normalized spacial score (nSPS) is 10.4. The number of hydrogen-bond acceptors (Lipinski definition) is 3. The summed E-state index contributed by atoms with van der Waals surface area (Å²) in [6, 6.07) is 13.2. The third-order valence-electron chi connectivity index (χ3n) is 3.64. The second kappa shape index (κ2) is 9.94. The van der Waals surface area contributed by atoms with E-state index < -0.39 is 0 Å². The van der Waals surface area contributed by atoms with Gasteiger partial charge in [0, 0.05) is 11.4 Å². The average Bonchev–Trinajstić information content (AvgIpc) is 2.59. The van der Waals surface area contributed by atoms with Gasteiger partial charge >= 0.3 is 0 Å². The summed E-state index contributed by atoms with van der Waals surface area (Å²) in [5, 5.41) is 3.53. The quantitative estimate of drug-likeness (QED) is 0.677. The Balaban J connectivity index is 1.55. The van der Waals surface area contributed by atoms with Crippen LogP contribution in [-0.2, 0) is 4.79 Å². The van der Waals surface area contributed by atoms with Crippen LogP contribution in [0.15, 0.2) is 42.5 Å². The average molecular weight is 362 g/mol. The van der Waals surface area contributed by atoms with Crippen LogP contribution in [-0.4, -0.2) is 25.7 Å². The van der Waals surface area contributed by atoms with E-state index in [0.717, 1.165) is 17.1 Å². The summed E-state index contributed by atoms with van der Waals surface area (Å²) >= 11 is 5.81. The molecule has 0 unspecified atom stereocenters. The van der Waals surface area contributed by atoms with E-state index >= 15 is 0 Å². The molecule has 5 heteroatoms. The van der Waals surface area contributed by atoms with Crippen molar-refractivity contribution < 1.29 is 14.3 Å². The SMILES string of the molecule is Cc1ccc(OCCNC(=O)CCCOc2ccc(Cl)cc2)c(C)c1. The number of rotatable bonds is 9. The van der Waals surface area contributed by atoms with Gasteiger partial charge in [-0.25, -0.2) is 0 Å². The molecule has 0 aliphatic carbocycles. The zero-order chi connectivity index (χ0) is 18.1. The van der Waals surface area contributed by atoms with Crippen molar-refractivity contribution in [2.45, 2.75) is 26.7 Å². The maximum atomic E-state index is 11.8. The topological polar surface area (TPSA) is 47.6 Å². The van der Waals surface area contributed by atoms with Gasteiger partial charge in [0.25, 0.3) is 0 Å². The highest BCUT2D eigenvalue weighted by Crippen LogP contribution is 2.18. The van der Waals surface area contributed by atoms with E-state index in [9.17, 15) is 4.79 Å². The number of benzene rings is 2. The van der Waals surface area contributed by atoms with Crippen LogP contribution in [0.25, 0.3) is 0 Å². The molecule has 4 nitrogen and oxygen atoms in total. The van der Waals surface area contributed by atoms with Gasteiger partial charge in [-0.3, -0.25) is 4.79 Å². The van der Waals surface area contributed by atoms with Gasteiger partial charge in [-0.15, -0.1) is 0 Å². The highest BCUT2D eigenvalue weighted by Gasteiger charge is 2.03. The van der Waals surface area contributed by atoms with E-state index in [1.807, 2.05) is 38.1 Å². The molecular weight excluding hydrogens is 338 g/mol. The largest absolute Gasteiger partial charge is 0.494 e. The zero-order valence-electron chi connectivity index (χ0n) is 14.7. The number of nitrogens with one attached hydrogen (secondary N) is 1. The Morgan fingerprint density at radius 1 is 1.04 bits per heavy atom. The first-order valence-corrected chi connectivity index (χ1v) is 8.77. The summed E-state index contributed by atoms with van der Waals surface area (Å²) in [6.45, 7) is 5.50. The van der Waals surface area contributed by atoms with E-state index in [4.69, 9.17) is 21.1 Å². The van der Waals surface area contributed by atoms with Crippen molar-refractivity contribution in [2.24, 2.45) is 0 Å². The second-order valence-corrected chi connectivity index (χ2v) is 6.31. The van der Waals surface area contributed by atoms with Crippen LogP contribution in [0, 0.1) is 13.8 Å². The minimum absolute atomic E-state index is 0.00364. The molecule has 2 aromatic carbocycles. The first kappa shape index (κ1) is 19.1. The summed E-state index contributed by atoms with van der Waals surface area (Å²) in [5.74, 6) is 1.62. The molecule has 0 aromatic heterocycles. The smallest absolute Gasteiger partial charge is 0.220 e. The van der Waals surface area contributed by atoms with Gasteiger partial charge in [0.05, 0.1) is 13.2 Å². The Labute approximate surface area is 154 Å². The summed E-state index contributed by atoms with van der Waals surface area (Å²) in [4.78, 5) is 11.8. The standard InChI is InChI=1S/C20H24ClNO3/c1-15-5-10-19(16(2)14-15)25-13-11-22-20(23)4-3-12-24-18-8-6-17(21)7-9-18/h5-10,14H,3-4,11-13H2,1-2H3,(H,22,23). The van der Waals surface area contributed by atoms with Crippen molar-refractivity contribution in [1.29, 1.82) is 0 Å². The van der Waals surface area contributed by atoms with Gasteiger partial charge in [-0.1, -0.05) is 29.3 Å². The van der Waals surface area contributed by atoms with Crippen LogP contribution < -0.4 is 14.8 Å². The lowest BCUT2D eigenvalue weighted by atomic mass is 10.1. The molecule has 0 radical (unpaired) electrons. The number of ether oxygens (including phenoxy) is 2. The van der Waals surface area contributed by atoms with Crippen molar-refractivity contribution in [1.82, 2.24) is 5.32 Å². The summed E-state index contributed by atoms with van der Waals surface area (Å²) in [5.41, 5.74) is 2.31. The van der Waals surface area contributed by atoms with E-state index in [2.05, 4.69) is 11.4 Å². The van der Waals surface area contributed by atoms with Gasteiger partial charge in [-0.05, 0) is 56.2 Å². The molecule has 0 fully saturated rings. The Kier molecular flexibility index (Phi) is 7.61. The van der Waals surface area contributed by atoms with Gasteiger partial charge in [0.1, 0.15) is 18.1 Å². The van der Waals surface area contributed by atoms with Crippen LogP contribution in [0.1, 0.15) is 24.0 Å². The molecule has 0 heterocycles. The zero-order valence-corrected chi connectivity index (χ0v) is 15.4. The molecular formula is C20H24ClNO3. The molecule has 0 spiro atoms. The van der Waals surface area contributed by atoms with Crippen molar-refractivity contribution in [3.63, 3.8) is 0 Å².